The monoisotopic (exact) mass is 364 g/mol. The Bertz CT molecular complexity index is 764. The lowest BCUT2D eigenvalue weighted by molar-refractivity contribution is -0.121. The number of carbonyl (C=O) groups excluding carboxylic acids is 2. The molecule has 1 aromatic heterocycles. The molecule has 1 fully saturated rings. The van der Waals surface area contributed by atoms with Gasteiger partial charge in [-0.1, -0.05) is 23.7 Å². The number of carbonyl (C=O) groups is 2. The lowest BCUT2D eigenvalue weighted by atomic mass is 10.0. The van der Waals surface area contributed by atoms with Gasteiger partial charge in [-0.05, 0) is 25.0 Å². The molecule has 1 aromatic carbocycles. The van der Waals surface area contributed by atoms with Crippen molar-refractivity contribution in [3.8, 4) is 0 Å². The van der Waals surface area contributed by atoms with Gasteiger partial charge in [0.1, 0.15) is 16.7 Å². The molecular formula is C16H17ClN4O2S. The summed E-state index contributed by atoms with van der Waals surface area (Å²) < 4.78 is 0. The van der Waals surface area contributed by atoms with E-state index in [4.69, 9.17) is 17.3 Å². The van der Waals surface area contributed by atoms with Crippen LogP contribution in [0.3, 0.4) is 0 Å². The van der Waals surface area contributed by atoms with Crippen LogP contribution in [0, 0.1) is 0 Å². The maximum Gasteiger partial charge on any atom is 0.271 e. The van der Waals surface area contributed by atoms with E-state index in [-0.39, 0.29) is 11.8 Å². The fraction of sp³-hybridized carbons (Fsp3) is 0.312. The van der Waals surface area contributed by atoms with E-state index in [0.29, 0.717) is 40.9 Å². The minimum atomic E-state index is -0.578. The SMILES string of the molecule is NCc1nc(C(=O)NC2CCCN(c3ccccc3Cl)C2=O)cs1. The molecule has 0 spiro atoms. The van der Waals surface area contributed by atoms with Gasteiger partial charge in [-0.15, -0.1) is 11.3 Å². The molecule has 3 N–H and O–H groups in total. The van der Waals surface area contributed by atoms with Crippen molar-refractivity contribution in [3.63, 3.8) is 0 Å². The summed E-state index contributed by atoms with van der Waals surface area (Å²) in [6.07, 6.45) is 1.38. The summed E-state index contributed by atoms with van der Waals surface area (Å²) in [6.45, 7) is 0.879. The van der Waals surface area contributed by atoms with Gasteiger partial charge in [-0.2, -0.15) is 0 Å². The molecule has 3 rings (SSSR count). The molecule has 0 radical (unpaired) electrons. The lowest BCUT2D eigenvalue weighted by Crippen LogP contribution is -2.52. The number of hydrogen-bond acceptors (Lipinski definition) is 5. The molecule has 0 aliphatic carbocycles. The molecule has 2 amide bonds. The topological polar surface area (TPSA) is 88.3 Å². The Morgan fingerprint density at radius 1 is 1.46 bits per heavy atom. The number of piperidine rings is 1. The van der Waals surface area contributed by atoms with E-state index in [1.165, 1.54) is 11.3 Å². The van der Waals surface area contributed by atoms with Gasteiger partial charge in [-0.3, -0.25) is 9.59 Å². The van der Waals surface area contributed by atoms with Crippen LogP contribution in [0.1, 0.15) is 28.3 Å². The number of anilines is 1. The van der Waals surface area contributed by atoms with E-state index in [1.807, 2.05) is 12.1 Å². The quantitative estimate of drug-likeness (QED) is 0.870. The van der Waals surface area contributed by atoms with Crippen molar-refractivity contribution < 1.29 is 9.59 Å². The third kappa shape index (κ3) is 3.43. The molecule has 2 aromatic rings. The maximum absolute atomic E-state index is 12.7. The van der Waals surface area contributed by atoms with Crippen molar-refractivity contribution in [1.29, 1.82) is 0 Å². The number of para-hydroxylation sites is 1. The van der Waals surface area contributed by atoms with E-state index in [1.54, 1.807) is 22.4 Å². The Morgan fingerprint density at radius 3 is 2.96 bits per heavy atom. The lowest BCUT2D eigenvalue weighted by Gasteiger charge is -2.33. The number of amides is 2. The van der Waals surface area contributed by atoms with Crippen LogP contribution in [0.4, 0.5) is 5.69 Å². The largest absolute Gasteiger partial charge is 0.339 e. The Kier molecular flexibility index (Phi) is 5.13. The van der Waals surface area contributed by atoms with E-state index >= 15 is 0 Å². The van der Waals surface area contributed by atoms with Crippen molar-refractivity contribution in [1.82, 2.24) is 10.3 Å². The highest BCUT2D eigenvalue weighted by Gasteiger charge is 2.32. The van der Waals surface area contributed by atoms with Crippen LogP contribution in [-0.4, -0.2) is 29.4 Å². The second kappa shape index (κ2) is 7.29. The molecule has 1 aliphatic heterocycles. The number of aromatic nitrogens is 1. The van der Waals surface area contributed by atoms with Gasteiger partial charge >= 0.3 is 0 Å². The Labute approximate surface area is 148 Å². The number of halogens is 1. The number of nitrogens with one attached hydrogen (secondary N) is 1. The minimum absolute atomic E-state index is 0.156. The first kappa shape index (κ1) is 16.9. The molecular weight excluding hydrogens is 348 g/mol. The highest BCUT2D eigenvalue weighted by atomic mass is 35.5. The summed E-state index contributed by atoms with van der Waals surface area (Å²) in [5, 5.41) is 5.63. The number of thiazole rings is 1. The van der Waals surface area contributed by atoms with Crippen LogP contribution >= 0.6 is 22.9 Å². The van der Waals surface area contributed by atoms with Gasteiger partial charge < -0.3 is 16.0 Å². The van der Waals surface area contributed by atoms with Crippen molar-refractivity contribution in [2.45, 2.75) is 25.4 Å². The fourth-order valence-electron chi connectivity index (χ4n) is 2.66. The molecule has 1 atom stereocenters. The summed E-state index contributed by atoms with van der Waals surface area (Å²) in [7, 11) is 0. The molecule has 6 nitrogen and oxygen atoms in total. The number of benzene rings is 1. The standard InChI is InChI=1S/C16H17ClN4O2S/c17-10-4-1-2-6-13(10)21-7-3-5-11(16(21)23)20-15(22)12-9-24-14(8-18)19-12/h1-2,4,6,9,11H,3,5,7-8,18H2,(H,20,22). The fourth-order valence-corrected chi connectivity index (χ4v) is 3.55. The van der Waals surface area contributed by atoms with E-state index in [9.17, 15) is 9.59 Å². The number of hydrogen-bond donors (Lipinski definition) is 2. The minimum Gasteiger partial charge on any atom is -0.339 e. The predicted molar refractivity (Wildman–Crippen MR) is 94.3 cm³/mol. The average molecular weight is 365 g/mol. The first-order valence-electron chi connectivity index (χ1n) is 7.61. The highest BCUT2D eigenvalue weighted by molar-refractivity contribution is 7.09. The van der Waals surface area contributed by atoms with Crippen LogP contribution in [0.5, 0.6) is 0 Å². The number of rotatable bonds is 4. The van der Waals surface area contributed by atoms with E-state index < -0.39 is 6.04 Å². The molecule has 1 unspecified atom stereocenters. The van der Waals surface area contributed by atoms with E-state index in [2.05, 4.69) is 10.3 Å². The van der Waals surface area contributed by atoms with Crippen LogP contribution < -0.4 is 16.0 Å². The molecule has 8 heteroatoms. The van der Waals surface area contributed by atoms with Crippen molar-refractivity contribution in [2.24, 2.45) is 5.73 Å². The second-order valence-electron chi connectivity index (χ2n) is 5.44. The van der Waals surface area contributed by atoms with Crippen molar-refractivity contribution in [3.05, 3.63) is 45.4 Å². The highest BCUT2D eigenvalue weighted by Crippen LogP contribution is 2.28. The number of nitrogens with zero attached hydrogens (tertiary/aromatic N) is 2. The molecule has 126 valence electrons. The van der Waals surface area contributed by atoms with Gasteiger partial charge in [0.25, 0.3) is 5.91 Å². The smallest absolute Gasteiger partial charge is 0.271 e. The number of nitrogens with two attached hydrogens (primary N) is 1. The van der Waals surface area contributed by atoms with Gasteiger partial charge in [0.05, 0.1) is 10.7 Å². The van der Waals surface area contributed by atoms with Gasteiger partial charge in [0.15, 0.2) is 0 Å². The summed E-state index contributed by atoms with van der Waals surface area (Å²) in [4.78, 5) is 30.8. The zero-order valence-electron chi connectivity index (χ0n) is 12.9. The first-order chi connectivity index (χ1) is 11.6. The summed E-state index contributed by atoms with van der Waals surface area (Å²) in [6, 6.07) is 6.62. The normalized spacial score (nSPS) is 17.8. The first-order valence-corrected chi connectivity index (χ1v) is 8.87. The predicted octanol–water partition coefficient (Wildman–Crippen LogP) is 2.18. The third-order valence-corrected chi connectivity index (χ3v) is 5.04. The maximum atomic E-state index is 12.7. The van der Waals surface area contributed by atoms with Crippen molar-refractivity contribution in [2.75, 3.05) is 11.4 Å². The third-order valence-electron chi connectivity index (χ3n) is 3.85. The summed E-state index contributed by atoms with van der Waals surface area (Å²) in [5.74, 6) is -0.512. The Morgan fingerprint density at radius 2 is 2.25 bits per heavy atom. The molecule has 1 aliphatic rings. The Hall–Kier alpha value is -1.96. The summed E-state index contributed by atoms with van der Waals surface area (Å²) in [5.41, 5.74) is 6.47. The average Bonchev–Trinajstić information content (AvgIpc) is 3.07. The summed E-state index contributed by atoms with van der Waals surface area (Å²) >= 11 is 7.52. The molecule has 24 heavy (non-hydrogen) atoms. The zero-order chi connectivity index (χ0) is 17.1. The van der Waals surface area contributed by atoms with Crippen LogP contribution in [0.2, 0.25) is 5.02 Å². The van der Waals surface area contributed by atoms with E-state index in [0.717, 1.165) is 6.42 Å². The van der Waals surface area contributed by atoms with Gasteiger partial charge in [0.2, 0.25) is 5.91 Å². The molecule has 0 bridgehead atoms. The van der Waals surface area contributed by atoms with Crippen molar-refractivity contribution >= 4 is 40.4 Å². The molecule has 0 saturated carbocycles. The Balaban J connectivity index is 1.73. The van der Waals surface area contributed by atoms with Gasteiger partial charge in [0, 0.05) is 18.5 Å². The van der Waals surface area contributed by atoms with Gasteiger partial charge in [-0.25, -0.2) is 4.98 Å². The molecule has 1 saturated heterocycles. The second-order valence-corrected chi connectivity index (χ2v) is 6.79. The molecule has 2 heterocycles. The van der Waals surface area contributed by atoms with Crippen LogP contribution in [-0.2, 0) is 11.3 Å². The zero-order valence-corrected chi connectivity index (χ0v) is 14.4. The van der Waals surface area contributed by atoms with Crippen LogP contribution in [0.25, 0.3) is 0 Å². The van der Waals surface area contributed by atoms with Crippen LogP contribution in [0.15, 0.2) is 29.6 Å².